The minimum Gasteiger partial charge on any atom is -0.357 e. The molecule has 3 heterocycles. The fourth-order valence-electron chi connectivity index (χ4n) is 3.64. The zero-order chi connectivity index (χ0) is 22.7. The highest BCUT2D eigenvalue weighted by Gasteiger charge is 2.30. The summed E-state index contributed by atoms with van der Waals surface area (Å²) in [5.74, 6) is 0.621. The molecular formula is C22H20ClF3N4OS. The van der Waals surface area contributed by atoms with Gasteiger partial charge < -0.3 is 10.2 Å². The first kappa shape index (κ1) is 22.5. The Morgan fingerprint density at radius 2 is 1.94 bits per heavy atom. The van der Waals surface area contributed by atoms with E-state index in [1.807, 2.05) is 6.07 Å². The number of rotatable bonds is 5. The lowest BCUT2D eigenvalue weighted by Crippen LogP contribution is -2.38. The van der Waals surface area contributed by atoms with Crippen molar-refractivity contribution in [1.82, 2.24) is 9.97 Å². The lowest BCUT2D eigenvalue weighted by atomic mass is 9.96. The van der Waals surface area contributed by atoms with Crippen molar-refractivity contribution in [1.29, 1.82) is 0 Å². The summed E-state index contributed by atoms with van der Waals surface area (Å²) in [5, 5.41) is 3.89. The molecule has 32 heavy (non-hydrogen) atoms. The molecular weight excluding hydrogens is 461 g/mol. The molecule has 168 valence electrons. The van der Waals surface area contributed by atoms with Gasteiger partial charge >= 0.3 is 6.18 Å². The summed E-state index contributed by atoms with van der Waals surface area (Å²) in [7, 11) is 0. The number of hydrogen-bond acceptors (Lipinski definition) is 5. The first-order valence-corrected chi connectivity index (χ1v) is 11.3. The van der Waals surface area contributed by atoms with E-state index in [0.29, 0.717) is 48.1 Å². The van der Waals surface area contributed by atoms with E-state index in [1.54, 1.807) is 24.5 Å². The molecule has 3 aromatic rings. The third-order valence-electron chi connectivity index (χ3n) is 5.32. The van der Waals surface area contributed by atoms with Crippen molar-refractivity contribution < 1.29 is 18.0 Å². The molecule has 1 amide bonds. The van der Waals surface area contributed by atoms with Crippen LogP contribution in [-0.4, -0.2) is 29.0 Å². The van der Waals surface area contributed by atoms with Crippen LogP contribution >= 0.6 is 22.9 Å². The average molecular weight is 481 g/mol. The van der Waals surface area contributed by atoms with Crippen molar-refractivity contribution in [3.63, 3.8) is 0 Å². The number of carbonyl (C=O) groups excluding carboxylic acids is 1. The molecule has 0 spiro atoms. The molecule has 0 bridgehead atoms. The fraction of sp³-hybridized carbons (Fsp3) is 0.318. The number of carbonyl (C=O) groups is 1. The number of aromatic nitrogens is 2. The highest BCUT2D eigenvalue weighted by atomic mass is 35.5. The zero-order valence-electron chi connectivity index (χ0n) is 16.9. The molecule has 1 fully saturated rings. The third-order valence-corrected chi connectivity index (χ3v) is 6.45. The molecule has 1 saturated heterocycles. The number of alkyl halides is 3. The van der Waals surface area contributed by atoms with E-state index in [2.05, 4.69) is 20.2 Å². The molecule has 0 unspecified atom stereocenters. The number of hydrogen-bond donors (Lipinski definition) is 1. The second-order valence-corrected chi connectivity index (χ2v) is 9.14. The summed E-state index contributed by atoms with van der Waals surface area (Å²) in [6.45, 7) is 1.43. The van der Waals surface area contributed by atoms with Crippen LogP contribution in [0.15, 0.2) is 48.8 Å². The van der Waals surface area contributed by atoms with E-state index >= 15 is 0 Å². The van der Waals surface area contributed by atoms with Crippen molar-refractivity contribution in [2.45, 2.75) is 25.4 Å². The monoisotopic (exact) mass is 480 g/mol. The number of thiazole rings is 1. The van der Waals surface area contributed by atoms with Crippen LogP contribution in [0.2, 0.25) is 5.02 Å². The molecule has 4 rings (SSSR count). The molecule has 1 aromatic carbocycles. The van der Waals surface area contributed by atoms with E-state index in [4.69, 9.17) is 11.6 Å². The van der Waals surface area contributed by atoms with Crippen LogP contribution in [-0.2, 0) is 17.4 Å². The number of halogens is 4. The number of piperidine rings is 1. The molecule has 0 atom stereocenters. The minimum absolute atomic E-state index is 0.0892. The van der Waals surface area contributed by atoms with Gasteiger partial charge in [0.25, 0.3) is 0 Å². The maximum absolute atomic E-state index is 12.9. The molecule has 0 aliphatic carbocycles. The molecule has 0 saturated carbocycles. The summed E-state index contributed by atoms with van der Waals surface area (Å²) in [4.78, 5) is 24.1. The van der Waals surface area contributed by atoms with Crippen LogP contribution in [0.4, 0.5) is 24.1 Å². The van der Waals surface area contributed by atoms with Crippen molar-refractivity contribution in [3.05, 3.63) is 69.8 Å². The smallest absolute Gasteiger partial charge is 0.357 e. The summed E-state index contributed by atoms with van der Waals surface area (Å²) < 4.78 is 38.7. The number of anilines is 2. The Morgan fingerprint density at radius 1 is 1.16 bits per heavy atom. The third kappa shape index (κ3) is 5.58. The Kier molecular flexibility index (Phi) is 6.66. The van der Waals surface area contributed by atoms with Gasteiger partial charge in [0.2, 0.25) is 5.91 Å². The standard InChI is InChI=1S/C22H20ClF3N4OS/c23-17-4-5-19(27-12-17)30-8-6-15(7-9-30)20(31)29-21-28-13-18(32-21)11-14-2-1-3-16(10-14)22(24,25)26/h1-5,10,12-13,15H,6-9,11H2,(H,28,29,31). The van der Waals surface area contributed by atoms with Crippen molar-refractivity contribution >= 4 is 39.8 Å². The lowest BCUT2D eigenvalue weighted by Gasteiger charge is -2.31. The first-order valence-electron chi connectivity index (χ1n) is 10.1. The number of nitrogens with one attached hydrogen (secondary N) is 1. The summed E-state index contributed by atoms with van der Waals surface area (Å²) >= 11 is 7.16. The Bertz CT molecular complexity index is 1080. The zero-order valence-corrected chi connectivity index (χ0v) is 18.5. The second-order valence-electron chi connectivity index (χ2n) is 7.59. The fourth-order valence-corrected chi connectivity index (χ4v) is 4.60. The van der Waals surface area contributed by atoms with Gasteiger partial charge in [-0.05, 0) is 36.6 Å². The van der Waals surface area contributed by atoms with Crippen molar-refractivity contribution in [3.8, 4) is 0 Å². The van der Waals surface area contributed by atoms with Gasteiger partial charge in [-0.25, -0.2) is 9.97 Å². The van der Waals surface area contributed by atoms with E-state index in [1.165, 1.54) is 17.4 Å². The molecule has 1 aliphatic rings. The molecule has 1 aliphatic heterocycles. The van der Waals surface area contributed by atoms with Crippen LogP contribution in [0, 0.1) is 5.92 Å². The van der Waals surface area contributed by atoms with Crippen LogP contribution < -0.4 is 10.2 Å². The van der Waals surface area contributed by atoms with Gasteiger partial charge in [0.1, 0.15) is 5.82 Å². The van der Waals surface area contributed by atoms with Gasteiger partial charge in [0, 0.05) is 42.7 Å². The number of benzene rings is 1. The molecule has 0 radical (unpaired) electrons. The van der Waals surface area contributed by atoms with Gasteiger partial charge in [0.15, 0.2) is 5.13 Å². The molecule has 10 heteroatoms. The van der Waals surface area contributed by atoms with E-state index in [9.17, 15) is 18.0 Å². The SMILES string of the molecule is O=C(Nc1ncc(Cc2cccc(C(F)(F)F)c2)s1)C1CCN(c2ccc(Cl)cn2)CC1. The summed E-state index contributed by atoms with van der Waals surface area (Å²) in [6.07, 6.45) is 0.535. The molecule has 2 aromatic heterocycles. The maximum atomic E-state index is 12.9. The van der Waals surface area contributed by atoms with Gasteiger partial charge in [0.05, 0.1) is 10.6 Å². The Labute approximate surface area is 192 Å². The Morgan fingerprint density at radius 3 is 2.62 bits per heavy atom. The largest absolute Gasteiger partial charge is 0.416 e. The maximum Gasteiger partial charge on any atom is 0.416 e. The minimum atomic E-state index is -4.37. The van der Waals surface area contributed by atoms with Crippen LogP contribution in [0.5, 0.6) is 0 Å². The van der Waals surface area contributed by atoms with Gasteiger partial charge in [-0.2, -0.15) is 13.2 Å². The van der Waals surface area contributed by atoms with Gasteiger partial charge in [-0.3, -0.25) is 4.79 Å². The van der Waals surface area contributed by atoms with E-state index in [0.717, 1.165) is 22.8 Å². The van der Waals surface area contributed by atoms with Crippen LogP contribution in [0.1, 0.15) is 28.8 Å². The molecule has 5 nitrogen and oxygen atoms in total. The van der Waals surface area contributed by atoms with E-state index in [-0.39, 0.29) is 11.8 Å². The quantitative estimate of drug-likeness (QED) is 0.512. The predicted octanol–water partition coefficient (Wildman–Crippen LogP) is 5.66. The number of amides is 1. The predicted molar refractivity (Wildman–Crippen MR) is 119 cm³/mol. The Balaban J connectivity index is 1.31. The highest BCUT2D eigenvalue weighted by Crippen LogP contribution is 2.31. The lowest BCUT2D eigenvalue weighted by molar-refractivity contribution is -0.137. The first-order chi connectivity index (χ1) is 15.3. The normalized spacial score (nSPS) is 15.1. The van der Waals surface area contributed by atoms with Crippen molar-refractivity contribution in [2.75, 3.05) is 23.3 Å². The summed E-state index contributed by atoms with van der Waals surface area (Å²) in [6, 6.07) is 8.90. The number of nitrogens with zero attached hydrogens (tertiary/aromatic N) is 3. The number of pyridine rings is 1. The molecule has 1 N–H and O–H groups in total. The highest BCUT2D eigenvalue weighted by molar-refractivity contribution is 7.15. The van der Waals surface area contributed by atoms with E-state index < -0.39 is 11.7 Å². The van der Waals surface area contributed by atoms with Gasteiger partial charge in [-0.1, -0.05) is 29.8 Å². The van der Waals surface area contributed by atoms with Crippen LogP contribution in [0.25, 0.3) is 0 Å². The Hall–Kier alpha value is -2.65. The summed E-state index contributed by atoms with van der Waals surface area (Å²) in [5.41, 5.74) is -0.127. The van der Waals surface area contributed by atoms with Crippen molar-refractivity contribution in [2.24, 2.45) is 5.92 Å². The van der Waals surface area contributed by atoms with Crippen LogP contribution in [0.3, 0.4) is 0 Å². The topological polar surface area (TPSA) is 58.1 Å². The average Bonchev–Trinajstić information content (AvgIpc) is 3.20. The second kappa shape index (κ2) is 9.46. The van der Waals surface area contributed by atoms with Gasteiger partial charge in [-0.15, -0.1) is 11.3 Å².